The Labute approximate surface area is 131 Å². The van der Waals surface area contributed by atoms with E-state index in [1.807, 2.05) is 0 Å². The highest BCUT2D eigenvalue weighted by atomic mass is 35.5. The summed E-state index contributed by atoms with van der Waals surface area (Å²) in [5.74, 6) is -0.209. The number of aliphatic carboxylic acids is 1. The Balaban J connectivity index is 2.07. The summed E-state index contributed by atoms with van der Waals surface area (Å²) in [6.45, 7) is 1.39. The number of hydrogen-bond donors (Lipinski definition) is 0. The van der Waals surface area contributed by atoms with Gasteiger partial charge in [0.15, 0.2) is 0 Å². The van der Waals surface area contributed by atoms with Crippen LogP contribution in [-0.4, -0.2) is 17.1 Å². The zero-order valence-electron chi connectivity index (χ0n) is 10.9. The van der Waals surface area contributed by atoms with Gasteiger partial charge in [-0.25, -0.2) is 4.98 Å². The van der Waals surface area contributed by atoms with Crippen LogP contribution in [0.5, 0.6) is 17.4 Å². The molecule has 0 saturated carbocycles. The van der Waals surface area contributed by atoms with E-state index in [9.17, 15) is 9.90 Å². The predicted molar refractivity (Wildman–Crippen MR) is 75.9 cm³/mol. The summed E-state index contributed by atoms with van der Waals surface area (Å²) in [5.41, 5.74) is 0. The van der Waals surface area contributed by atoms with Gasteiger partial charge in [0.2, 0.25) is 5.88 Å². The monoisotopic (exact) mass is 326 g/mol. The van der Waals surface area contributed by atoms with Crippen molar-refractivity contribution in [2.24, 2.45) is 0 Å². The van der Waals surface area contributed by atoms with E-state index in [0.717, 1.165) is 0 Å². The van der Waals surface area contributed by atoms with Crippen LogP contribution in [0.1, 0.15) is 6.92 Å². The number of pyridine rings is 1. The predicted octanol–water partition coefficient (Wildman–Crippen LogP) is 2.70. The van der Waals surface area contributed by atoms with Crippen LogP contribution in [0, 0.1) is 0 Å². The molecule has 0 spiro atoms. The molecule has 110 valence electrons. The number of carbonyl (C=O) groups is 1. The van der Waals surface area contributed by atoms with E-state index < -0.39 is 12.1 Å². The Bertz CT molecular complexity index is 646. The average molecular weight is 327 g/mol. The first kappa shape index (κ1) is 15.4. The number of nitrogens with zero attached hydrogens (tertiary/aromatic N) is 1. The minimum absolute atomic E-state index is 0.220. The van der Waals surface area contributed by atoms with Gasteiger partial charge in [-0.05, 0) is 37.3 Å². The van der Waals surface area contributed by atoms with Gasteiger partial charge in [-0.15, -0.1) is 0 Å². The number of halogens is 2. The van der Waals surface area contributed by atoms with Gasteiger partial charge in [0, 0.05) is 6.20 Å². The van der Waals surface area contributed by atoms with Crippen LogP contribution in [0.4, 0.5) is 0 Å². The van der Waals surface area contributed by atoms with Crippen molar-refractivity contribution >= 4 is 29.2 Å². The molecule has 1 unspecified atom stereocenters. The van der Waals surface area contributed by atoms with Crippen LogP contribution < -0.4 is 14.6 Å². The smallest absolute Gasteiger partial charge is 0.238 e. The number of rotatable bonds is 5. The zero-order valence-corrected chi connectivity index (χ0v) is 12.4. The fourth-order valence-corrected chi connectivity index (χ4v) is 1.85. The summed E-state index contributed by atoms with van der Waals surface area (Å²) >= 11 is 11.7. The Hall–Kier alpha value is -1.98. The van der Waals surface area contributed by atoms with Crippen molar-refractivity contribution in [2.75, 3.05) is 0 Å². The molecule has 7 heteroatoms. The number of hydrogen-bond acceptors (Lipinski definition) is 5. The van der Waals surface area contributed by atoms with E-state index in [4.69, 9.17) is 32.7 Å². The third-order valence-electron chi connectivity index (χ3n) is 2.46. The molecule has 21 heavy (non-hydrogen) atoms. The number of aromatic nitrogens is 1. The number of ether oxygens (including phenoxy) is 2. The molecule has 0 saturated heterocycles. The van der Waals surface area contributed by atoms with Gasteiger partial charge >= 0.3 is 0 Å². The molecule has 1 heterocycles. The molecule has 0 N–H and O–H groups in total. The van der Waals surface area contributed by atoms with Crippen LogP contribution in [0.25, 0.3) is 0 Å². The quantitative estimate of drug-likeness (QED) is 0.844. The highest BCUT2D eigenvalue weighted by molar-refractivity contribution is 6.35. The van der Waals surface area contributed by atoms with Gasteiger partial charge in [0.05, 0.1) is 11.0 Å². The highest BCUT2D eigenvalue weighted by Gasteiger charge is 2.07. The summed E-state index contributed by atoms with van der Waals surface area (Å²) in [4.78, 5) is 14.5. The molecule has 0 aliphatic carbocycles. The first-order valence-electron chi connectivity index (χ1n) is 5.92. The van der Waals surface area contributed by atoms with Crippen molar-refractivity contribution in [1.29, 1.82) is 0 Å². The maximum Gasteiger partial charge on any atom is 0.238 e. The summed E-state index contributed by atoms with van der Waals surface area (Å²) in [6, 6.07) is 7.86. The first-order valence-corrected chi connectivity index (χ1v) is 6.68. The van der Waals surface area contributed by atoms with E-state index in [0.29, 0.717) is 16.5 Å². The summed E-state index contributed by atoms with van der Waals surface area (Å²) in [6.07, 6.45) is 0.381. The van der Waals surface area contributed by atoms with Gasteiger partial charge in [-0.2, -0.15) is 0 Å². The Kier molecular flexibility index (Phi) is 4.88. The third-order valence-corrected chi connectivity index (χ3v) is 2.93. The lowest BCUT2D eigenvalue weighted by Crippen LogP contribution is -2.37. The topological polar surface area (TPSA) is 71.5 Å². The average Bonchev–Trinajstić information content (AvgIpc) is 2.43. The second-order valence-electron chi connectivity index (χ2n) is 4.09. The molecule has 1 aromatic heterocycles. The molecule has 0 radical (unpaired) electrons. The minimum Gasteiger partial charge on any atom is -0.546 e. The second-order valence-corrected chi connectivity index (χ2v) is 4.94. The van der Waals surface area contributed by atoms with E-state index >= 15 is 0 Å². The van der Waals surface area contributed by atoms with Crippen LogP contribution >= 0.6 is 23.2 Å². The molecule has 0 aliphatic heterocycles. The maximum absolute atomic E-state index is 10.6. The standard InChI is InChI=1S/C14H11Cl2NO4/c1-8(14(18)19)20-10-2-4-11(5-3-10)21-13-12(16)6-9(15)7-17-13/h2-8H,1H3,(H,18,19)/p-1. The fourth-order valence-electron chi connectivity index (χ4n) is 1.43. The lowest BCUT2D eigenvalue weighted by atomic mass is 10.3. The number of carboxylic acids is 1. The van der Waals surface area contributed by atoms with Crippen molar-refractivity contribution in [3.8, 4) is 17.4 Å². The van der Waals surface area contributed by atoms with E-state index in [-0.39, 0.29) is 10.9 Å². The molecule has 0 fully saturated rings. The third kappa shape index (κ3) is 4.24. The molecule has 0 bridgehead atoms. The van der Waals surface area contributed by atoms with Crippen molar-refractivity contribution in [1.82, 2.24) is 4.98 Å². The normalized spacial score (nSPS) is 11.8. The van der Waals surface area contributed by atoms with Crippen molar-refractivity contribution < 1.29 is 19.4 Å². The molecule has 2 aromatic rings. The van der Waals surface area contributed by atoms with E-state index in [1.54, 1.807) is 24.3 Å². The lowest BCUT2D eigenvalue weighted by Gasteiger charge is -2.15. The zero-order chi connectivity index (χ0) is 15.4. The highest BCUT2D eigenvalue weighted by Crippen LogP contribution is 2.29. The van der Waals surface area contributed by atoms with Gasteiger partial charge in [0.25, 0.3) is 0 Å². The van der Waals surface area contributed by atoms with Crippen LogP contribution in [0.2, 0.25) is 10.0 Å². The molecule has 2 rings (SSSR count). The first-order chi connectivity index (χ1) is 9.95. The second kappa shape index (κ2) is 6.65. The van der Waals surface area contributed by atoms with Crippen molar-refractivity contribution in [3.63, 3.8) is 0 Å². The summed E-state index contributed by atoms with van der Waals surface area (Å²) < 4.78 is 10.6. The molecular formula is C14H10Cl2NO4-. The largest absolute Gasteiger partial charge is 0.546 e. The molecule has 0 amide bonds. The fraction of sp³-hybridized carbons (Fsp3) is 0.143. The van der Waals surface area contributed by atoms with Gasteiger partial charge in [-0.1, -0.05) is 23.2 Å². The van der Waals surface area contributed by atoms with E-state index in [2.05, 4.69) is 4.98 Å². The van der Waals surface area contributed by atoms with Gasteiger partial charge in [0.1, 0.15) is 22.6 Å². The van der Waals surface area contributed by atoms with Crippen LogP contribution in [-0.2, 0) is 4.79 Å². The van der Waals surface area contributed by atoms with Gasteiger partial charge in [-0.3, -0.25) is 0 Å². The van der Waals surface area contributed by atoms with E-state index in [1.165, 1.54) is 19.2 Å². The van der Waals surface area contributed by atoms with Crippen LogP contribution in [0.15, 0.2) is 36.5 Å². The minimum atomic E-state index is -1.28. The molecule has 1 aromatic carbocycles. The number of carbonyl (C=O) groups excluding carboxylic acids is 1. The Morgan fingerprint density at radius 2 is 1.86 bits per heavy atom. The Morgan fingerprint density at radius 1 is 1.24 bits per heavy atom. The Morgan fingerprint density at radius 3 is 2.43 bits per heavy atom. The molecule has 1 atom stereocenters. The number of benzene rings is 1. The van der Waals surface area contributed by atoms with Gasteiger partial charge < -0.3 is 19.4 Å². The SMILES string of the molecule is CC(Oc1ccc(Oc2ncc(Cl)cc2Cl)cc1)C(=O)[O-]. The van der Waals surface area contributed by atoms with Crippen molar-refractivity contribution in [3.05, 3.63) is 46.6 Å². The summed E-state index contributed by atoms with van der Waals surface area (Å²) in [7, 11) is 0. The molecular weight excluding hydrogens is 317 g/mol. The molecule has 5 nitrogen and oxygen atoms in total. The van der Waals surface area contributed by atoms with Crippen molar-refractivity contribution in [2.45, 2.75) is 13.0 Å². The van der Waals surface area contributed by atoms with Crippen LogP contribution in [0.3, 0.4) is 0 Å². The molecule has 0 aliphatic rings. The maximum atomic E-state index is 10.6. The summed E-state index contributed by atoms with van der Waals surface area (Å²) in [5, 5.41) is 11.3. The number of carboxylic acid groups (broad SMARTS) is 1. The lowest BCUT2D eigenvalue weighted by molar-refractivity contribution is -0.312.